The molecule has 23 heavy (non-hydrogen) atoms. The maximum Gasteiger partial charge on any atom is 0.229 e. The van der Waals surface area contributed by atoms with Crippen LogP contribution >= 0.6 is 0 Å². The van der Waals surface area contributed by atoms with Gasteiger partial charge in [0.15, 0.2) is 5.82 Å². The molecule has 2 saturated heterocycles. The van der Waals surface area contributed by atoms with Gasteiger partial charge in [0.25, 0.3) is 0 Å². The largest absolute Gasteiger partial charge is 0.342 e. The van der Waals surface area contributed by atoms with E-state index in [1.807, 2.05) is 16.7 Å². The quantitative estimate of drug-likeness (QED) is 0.833. The number of amides is 2. The Bertz CT molecular complexity index is 617. The van der Waals surface area contributed by atoms with Crippen molar-refractivity contribution in [3.63, 3.8) is 0 Å². The van der Waals surface area contributed by atoms with Crippen LogP contribution in [-0.4, -0.2) is 57.4 Å². The van der Waals surface area contributed by atoms with Crippen molar-refractivity contribution in [2.24, 2.45) is 5.92 Å². The van der Waals surface area contributed by atoms with Crippen molar-refractivity contribution >= 4 is 11.8 Å². The van der Waals surface area contributed by atoms with E-state index < -0.39 is 0 Å². The van der Waals surface area contributed by atoms with E-state index in [0.29, 0.717) is 43.8 Å². The van der Waals surface area contributed by atoms with Crippen LogP contribution < -0.4 is 0 Å². The van der Waals surface area contributed by atoms with Crippen molar-refractivity contribution in [3.05, 3.63) is 11.7 Å². The van der Waals surface area contributed by atoms with Gasteiger partial charge in [0.05, 0.1) is 5.92 Å². The Morgan fingerprint density at radius 1 is 1.22 bits per heavy atom. The van der Waals surface area contributed by atoms with E-state index >= 15 is 0 Å². The minimum atomic E-state index is -0.148. The number of aromatic nitrogens is 2. The molecule has 7 nitrogen and oxygen atoms in total. The van der Waals surface area contributed by atoms with E-state index in [2.05, 4.69) is 10.1 Å². The number of hydrogen-bond acceptors (Lipinski definition) is 5. The van der Waals surface area contributed by atoms with Crippen LogP contribution in [0.3, 0.4) is 0 Å². The Morgan fingerprint density at radius 3 is 2.57 bits per heavy atom. The molecule has 3 heterocycles. The number of hydrogen-bond donors (Lipinski definition) is 0. The number of carbonyl (C=O) groups excluding carboxylic acids is 2. The summed E-state index contributed by atoms with van der Waals surface area (Å²) in [6, 6.07) is 0.409. The zero-order chi connectivity index (χ0) is 16.0. The Balaban J connectivity index is 1.33. The van der Waals surface area contributed by atoms with E-state index in [4.69, 9.17) is 4.52 Å². The van der Waals surface area contributed by atoms with Gasteiger partial charge in [0.1, 0.15) is 0 Å². The molecule has 2 amide bonds. The molecule has 1 aromatic rings. The number of carbonyl (C=O) groups is 2. The fraction of sp³-hybridized carbons (Fsp3) is 0.750. The fourth-order valence-corrected chi connectivity index (χ4v) is 3.72. The zero-order valence-electron chi connectivity index (χ0n) is 13.4. The normalized spacial score (nSPS) is 26.1. The molecule has 3 aliphatic rings. The average molecular weight is 318 g/mol. The number of rotatable bonds is 3. The lowest BCUT2D eigenvalue weighted by Crippen LogP contribution is -2.42. The first-order valence-corrected chi connectivity index (χ1v) is 8.50. The lowest BCUT2D eigenvalue weighted by atomic mass is 9.95. The van der Waals surface area contributed by atoms with E-state index in [-0.39, 0.29) is 23.7 Å². The molecule has 0 radical (unpaired) electrons. The third kappa shape index (κ3) is 2.84. The molecule has 0 spiro atoms. The van der Waals surface area contributed by atoms with E-state index in [1.165, 1.54) is 0 Å². The molecule has 7 heteroatoms. The molecule has 0 aromatic carbocycles. The summed E-state index contributed by atoms with van der Waals surface area (Å²) in [6.07, 6.45) is 4.28. The fourth-order valence-electron chi connectivity index (χ4n) is 3.72. The summed E-state index contributed by atoms with van der Waals surface area (Å²) in [6.45, 7) is 3.84. The molecule has 3 fully saturated rings. The standard InChI is InChI=1S/C16H22N4O3/c1-10-17-15(23-18-10)11-4-6-19(7-5-11)16(22)12-8-14(21)20(9-12)13-2-3-13/h11-13H,2-9H2,1H3/t12-/m0/s1. The SMILES string of the molecule is Cc1noc(C2CCN(C(=O)[C@H]3CC(=O)N(C4CC4)C3)CC2)n1. The van der Waals surface area contributed by atoms with Gasteiger partial charge in [-0.2, -0.15) is 4.98 Å². The predicted octanol–water partition coefficient (Wildman–Crippen LogP) is 1.09. The van der Waals surface area contributed by atoms with Crippen LogP contribution in [0.25, 0.3) is 0 Å². The third-order valence-corrected chi connectivity index (χ3v) is 5.19. The van der Waals surface area contributed by atoms with Gasteiger partial charge < -0.3 is 14.3 Å². The van der Waals surface area contributed by atoms with Gasteiger partial charge in [-0.25, -0.2) is 0 Å². The van der Waals surface area contributed by atoms with Gasteiger partial charge in [-0.15, -0.1) is 0 Å². The second-order valence-corrected chi connectivity index (χ2v) is 6.96. The number of aryl methyl sites for hydroxylation is 1. The summed E-state index contributed by atoms with van der Waals surface area (Å²) >= 11 is 0. The van der Waals surface area contributed by atoms with Crippen LogP contribution in [0.1, 0.15) is 49.7 Å². The van der Waals surface area contributed by atoms with E-state index in [9.17, 15) is 9.59 Å². The molecule has 0 unspecified atom stereocenters. The summed E-state index contributed by atoms with van der Waals surface area (Å²) in [5.41, 5.74) is 0. The Kier molecular flexibility index (Phi) is 3.58. The molecule has 1 atom stereocenters. The molecule has 4 rings (SSSR count). The van der Waals surface area contributed by atoms with Crippen molar-refractivity contribution < 1.29 is 14.1 Å². The minimum Gasteiger partial charge on any atom is -0.342 e. The van der Waals surface area contributed by atoms with Gasteiger partial charge in [-0.1, -0.05) is 5.16 Å². The number of likely N-dealkylation sites (tertiary alicyclic amines) is 2. The highest BCUT2D eigenvalue weighted by molar-refractivity contribution is 5.89. The zero-order valence-corrected chi connectivity index (χ0v) is 13.4. The summed E-state index contributed by atoms with van der Waals surface area (Å²) in [4.78, 5) is 32.8. The molecule has 0 N–H and O–H groups in total. The van der Waals surface area contributed by atoms with Crippen LogP contribution in [0.15, 0.2) is 4.52 Å². The second kappa shape index (κ2) is 5.62. The highest BCUT2D eigenvalue weighted by Gasteiger charge is 2.43. The van der Waals surface area contributed by atoms with E-state index in [1.54, 1.807) is 0 Å². The maximum atomic E-state index is 12.7. The molecular weight excluding hydrogens is 296 g/mol. The van der Waals surface area contributed by atoms with Gasteiger partial charge in [-0.05, 0) is 32.6 Å². The lowest BCUT2D eigenvalue weighted by molar-refractivity contribution is -0.136. The van der Waals surface area contributed by atoms with Crippen molar-refractivity contribution in [2.45, 2.75) is 51.0 Å². The lowest BCUT2D eigenvalue weighted by Gasteiger charge is -2.32. The second-order valence-electron chi connectivity index (χ2n) is 6.96. The summed E-state index contributed by atoms with van der Waals surface area (Å²) < 4.78 is 5.24. The molecule has 124 valence electrons. The monoisotopic (exact) mass is 318 g/mol. The maximum absolute atomic E-state index is 12.7. The highest BCUT2D eigenvalue weighted by atomic mass is 16.5. The van der Waals surface area contributed by atoms with Gasteiger partial charge >= 0.3 is 0 Å². The van der Waals surface area contributed by atoms with Gasteiger partial charge in [0.2, 0.25) is 17.7 Å². The smallest absolute Gasteiger partial charge is 0.229 e. The van der Waals surface area contributed by atoms with Gasteiger partial charge in [-0.3, -0.25) is 9.59 Å². The highest BCUT2D eigenvalue weighted by Crippen LogP contribution is 2.34. The van der Waals surface area contributed by atoms with Crippen molar-refractivity contribution in [1.82, 2.24) is 19.9 Å². The van der Waals surface area contributed by atoms with Crippen LogP contribution in [-0.2, 0) is 9.59 Å². The summed E-state index contributed by atoms with van der Waals surface area (Å²) in [5.74, 6) is 1.73. The average Bonchev–Trinajstić information content (AvgIpc) is 3.19. The predicted molar refractivity (Wildman–Crippen MR) is 80.4 cm³/mol. The molecule has 2 aliphatic heterocycles. The minimum absolute atomic E-state index is 0.140. The van der Waals surface area contributed by atoms with E-state index in [0.717, 1.165) is 25.7 Å². The first kappa shape index (κ1) is 14.7. The molecule has 0 bridgehead atoms. The van der Waals surface area contributed by atoms with Crippen LogP contribution in [0.2, 0.25) is 0 Å². The van der Waals surface area contributed by atoms with Crippen molar-refractivity contribution in [2.75, 3.05) is 19.6 Å². The van der Waals surface area contributed by atoms with Crippen LogP contribution in [0.5, 0.6) is 0 Å². The Labute approximate surface area is 135 Å². The molecular formula is C16H22N4O3. The third-order valence-electron chi connectivity index (χ3n) is 5.19. The number of piperidine rings is 1. The van der Waals surface area contributed by atoms with Crippen LogP contribution in [0.4, 0.5) is 0 Å². The molecule has 1 aromatic heterocycles. The Hall–Kier alpha value is -1.92. The van der Waals surface area contributed by atoms with Crippen LogP contribution in [0, 0.1) is 12.8 Å². The first-order chi connectivity index (χ1) is 11.1. The summed E-state index contributed by atoms with van der Waals surface area (Å²) in [7, 11) is 0. The molecule has 1 saturated carbocycles. The summed E-state index contributed by atoms with van der Waals surface area (Å²) in [5, 5.41) is 3.84. The van der Waals surface area contributed by atoms with Crippen molar-refractivity contribution in [1.29, 1.82) is 0 Å². The molecule has 1 aliphatic carbocycles. The van der Waals surface area contributed by atoms with Gasteiger partial charge in [0, 0.05) is 38.0 Å². The Morgan fingerprint density at radius 2 is 1.96 bits per heavy atom. The topological polar surface area (TPSA) is 79.5 Å². The first-order valence-electron chi connectivity index (χ1n) is 8.50. The van der Waals surface area contributed by atoms with Crippen molar-refractivity contribution in [3.8, 4) is 0 Å². The number of nitrogens with zero attached hydrogens (tertiary/aromatic N) is 4.